The van der Waals surface area contributed by atoms with Crippen LogP contribution in [0, 0.1) is 5.92 Å². The second-order valence-corrected chi connectivity index (χ2v) is 6.16. The molecule has 0 radical (unpaired) electrons. The summed E-state index contributed by atoms with van der Waals surface area (Å²) in [5.74, 6) is 0.708. The Kier molecular flexibility index (Phi) is 9.44. The molecule has 1 aliphatic rings. The molecule has 0 bridgehead atoms. The van der Waals surface area contributed by atoms with Crippen molar-refractivity contribution in [2.75, 3.05) is 46.6 Å². The van der Waals surface area contributed by atoms with Crippen LogP contribution in [0.15, 0.2) is 0 Å². The van der Waals surface area contributed by atoms with Crippen molar-refractivity contribution < 1.29 is 9.47 Å². The number of rotatable bonds is 10. The molecule has 0 aromatic carbocycles. The molecule has 4 nitrogen and oxygen atoms in total. The molecule has 20 heavy (non-hydrogen) atoms. The van der Waals surface area contributed by atoms with Crippen molar-refractivity contribution in [1.82, 2.24) is 10.2 Å². The van der Waals surface area contributed by atoms with Gasteiger partial charge in [0, 0.05) is 45.4 Å². The van der Waals surface area contributed by atoms with Gasteiger partial charge in [0.2, 0.25) is 0 Å². The van der Waals surface area contributed by atoms with Crippen LogP contribution in [0.3, 0.4) is 0 Å². The first-order valence-electron chi connectivity index (χ1n) is 8.23. The first-order chi connectivity index (χ1) is 9.69. The summed E-state index contributed by atoms with van der Waals surface area (Å²) in [5, 5.41) is 3.71. The van der Waals surface area contributed by atoms with Crippen molar-refractivity contribution in [3.05, 3.63) is 0 Å². The zero-order valence-electron chi connectivity index (χ0n) is 13.9. The van der Waals surface area contributed by atoms with E-state index in [1.54, 1.807) is 7.11 Å². The van der Waals surface area contributed by atoms with E-state index in [0.717, 1.165) is 26.1 Å². The van der Waals surface area contributed by atoms with Gasteiger partial charge in [-0.15, -0.1) is 0 Å². The van der Waals surface area contributed by atoms with E-state index < -0.39 is 0 Å². The summed E-state index contributed by atoms with van der Waals surface area (Å²) in [7, 11) is 1.71. The van der Waals surface area contributed by atoms with Crippen LogP contribution in [0.4, 0.5) is 0 Å². The van der Waals surface area contributed by atoms with E-state index >= 15 is 0 Å². The summed E-state index contributed by atoms with van der Waals surface area (Å²) >= 11 is 0. The van der Waals surface area contributed by atoms with Gasteiger partial charge in [-0.25, -0.2) is 0 Å². The highest BCUT2D eigenvalue weighted by atomic mass is 16.5. The summed E-state index contributed by atoms with van der Waals surface area (Å²) in [6.07, 6.45) is 3.66. The predicted octanol–water partition coefficient (Wildman–Crippen LogP) is 2.14. The molecule has 1 heterocycles. The van der Waals surface area contributed by atoms with Crippen molar-refractivity contribution in [3.63, 3.8) is 0 Å². The molecule has 0 spiro atoms. The fourth-order valence-electron chi connectivity index (χ4n) is 2.97. The largest absolute Gasteiger partial charge is 0.382 e. The van der Waals surface area contributed by atoms with Gasteiger partial charge in [-0.1, -0.05) is 27.2 Å². The second kappa shape index (κ2) is 10.6. The summed E-state index contributed by atoms with van der Waals surface area (Å²) in [6.45, 7) is 12.6. The minimum Gasteiger partial charge on any atom is -0.382 e. The molecule has 1 aliphatic heterocycles. The minimum absolute atomic E-state index is 0.669. The van der Waals surface area contributed by atoms with Crippen LogP contribution in [-0.2, 0) is 9.47 Å². The smallest absolute Gasteiger partial charge is 0.0700 e. The SMILES string of the molecule is CCCC1CN(CCCOCCOC)C(C(C)C)CN1. The normalized spacial score (nSPS) is 24.4. The van der Waals surface area contributed by atoms with Crippen LogP contribution in [-0.4, -0.2) is 63.5 Å². The number of piperazine rings is 1. The fraction of sp³-hybridized carbons (Fsp3) is 1.00. The summed E-state index contributed by atoms with van der Waals surface area (Å²) in [4.78, 5) is 2.67. The molecular weight excluding hydrogens is 252 g/mol. The Hall–Kier alpha value is -0.160. The van der Waals surface area contributed by atoms with E-state index in [0.29, 0.717) is 31.2 Å². The van der Waals surface area contributed by atoms with Gasteiger partial charge < -0.3 is 14.8 Å². The van der Waals surface area contributed by atoms with Crippen LogP contribution in [0.25, 0.3) is 0 Å². The molecule has 2 unspecified atom stereocenters. The Morgan fingerprint density at radius 1 is 1.25 bits per heavy atom. The maximum Gasteiger partial charge on any atom is 0.0700 e. The molecule has 0 amide bonds. The van der Waals surface area contributed by atoms with E-state index in [1.165, 1.54) is 19.4 Å². The summed E-state index contributed by atoms with van der Waals surface area (Å²) < 4.78 is 10.6. The summed E-state index contributed by atoms with van der Waals surface area (Å²) in [5.41, 5.74) is 0. The monoisotopic (exact) mass is 286 g/mol. The van der Waals surface area contributed by atoms with Crippen molar-refractivity contribution in [2.24, 2.45) is 5.92 Å². The van der Waals surface area contributed by atoms with E-state index in [2.05, 4.69) is 31.0 Å². The molecule has 1 saturated heterocycles. The maximum atomic E-state index is 5.57. The quantitative estimate of drug-likeness (QED) is 0.624. The van der Waals surface area contributed by atoms with Gasteiger partial charge in [0.25, 0.3) is 0 Å². The molecular formula is C16H34N2O2. The Labute approximate surface area is 125 Å². The van der Waals surface area contributed by atoms with Crippen LogP contribution < -0.4 is 5.32 Å². The zero-order valence-corrected chi connectivity index (χ0v) is 13.9. The second-order valence-electron chi connectivity index (χ2n) is 6.16. The lowest BCUT2D eigenvalue weighted by Gasteiger charge is -2.42. The third-order valence-corrected chi connectivity index (χ3v) is 4.11. The Balaban J connectivity index is 2.28. The van der Waals surface area contributed by atoms with Gasteiger partial charge in [-0.3, -0.25) is 4.90 Å². The van der Waals surface area contributed by atoms with Crippen molar-refractivity contribution in [1.29, 1.82) is 0 Å². The average molecular weight is 286 g/mol. The van der Waals surface area contributed by atoms with Gasteiger partial charge in [0.05, 0.1) is 13.2 Å². The van der Waals surface area contributed by atoms with E-state index in [4.69, 9.17) is 9.47 Å². The first-order valence-corrected chi connectivity index (χ1v) is 8.23. The lowest BCUT2D eigenvalue weighted by Crippen LogP contribution is -2.58. The molecule has 2 atom stereocenters. The average Bonchev–Trinajstić information content (AvgIpc) is 2.43. The van der Waals surface area contributed by atoms with E-state index in [-0.39, 0.29) is 0 Å². The highest BCUT2D eigenvalue weighted by Gasteiger charge is 2.28. The van der Waals surface area contributed by atoms with Crippen LogP contribution in [0.1, 0.15) is 40.0 Å². The van der Waals surface area contributed by atoms with Crippen LogP contribution in [0.5, 0.6) is 0 Å². The van der Waals surface area contributed by atoms with Gasteiger partial charge in [0.1, 0.15) is 0 Å². The maximum absolute atomic E-state index is 5.57. The van der Waals surface area contributed by atoms with Gasteiger partial charge in [-0.05, 0) is 18.8 Å². The van der Waals surface area contributed by atoms with Crippen molar-refractivity contribution in [2.45, 2.75) is 52.1 Å². The molecule has 0 saturated carbocycles. The number of nitrogens with zero attached hydrogens (tertiary/aromatic N) is 1. The summed E-state index contributed by atoms with van der Waals surface area (Å²) in [6, 6.07) is 1.34. The standard InChI is InChI=1S/C16H34N2O2/c1-5-7-15-13-18(16(12-17-15)14(2)3)8-6-9-20-11-10-19-4/h14-17H,5-13H2,1-4H3. The minimum atomic E-state index is 0.669. The number of nitrogens with one attached hydrogen (secondary N) is 1. The third kappa shape index (κ3) is 6.53. The lowest BCUT2D eigenvalue weighted by molar-refractivity contribution is 0.0515. The van der Waals surface area contributed by atoms with E-state index in [1.807, 2.05) is 0 Å². The van der Waals surface area contributed by atoms with Crippen molar-refractivity contribution in [3.8, 4) is 0 Å². The molecule has 120 valence electrons. The molecule has 0 aromatic rings. The topological polar surface area (TPSA) is 33.7 Å². The van der Waals surface area contributed by atoms with Gasteiger partial charge in [0.15, 0.2) is 0 Å². The number of ether oxygens (including phenoxy) is 2. The number of hydrogen-bond acceptors (Lipinski definition) is 4. The molecule has 1 fully saturated rings. The molecule has 1 rings (SSSR count). The first kappa shape index (κ1) is 17.9. The molecule has 1 N–H and O–H groups in total. The highest BCUT2D eigenvalue weighted by Crippen LogP contribution is 2.17. The molecule has 0 aliphatic carbocycles. The molecule has 0 aromatic heterocycles. The van der Waals surface area contributed by atoms with E-state index in [9.17, 15) is 0 Å². The predicted molar refractivity (Wildman–Crippen MR) is 84.2 cm³/mol. The Morgan fingerprint density at radius 3 is 2.70 bits per heavy atom. The molecule has 4 heteroatoms. The van der Waals surface area contributed by atoms with Gasteiger partial charge >= 0.3 is 0 Å². The third-order valence-electron chi connectivity index (χ3n) is 4.11. The van der Waals surface area contributed by atoms with Crippen LogP contribution in [0.2, 0.25) is 0 Å². The lowest BCUT2D eigenvalue weighted by atomic mass is 9.97. The zero-order chi connectivity index (χ0) is 14.8. The Morgan fingerprint density at radius 2 is 2.05 bits per heavy atom. The fourth-order valence-corrected chi connectivity index (χ4v) is 2.97. The number of methoxy groups -OCH3 is 1. The van der Waals surface area contributed by atoms with Gasteiger partial charge in [-0.2, -0.15) is 0 Å². The van der Waals surface area contributed by atoms with Crippen LogP contribution >= 0.6 is 0 Å². The van der Waals surface area contributed by atoms with Crippen molar-refractivity contribution >= 4 is 0 Å². The highest BCUT2D eigenvalue weighted by molar-refractivity contribution is 4.87. The number of hydrogen-bond donors (Lipinski definition) is 1. The Bertz CT molecular complexity index is 237.